The first kappa shape index (κ1) is 18.5. The average molecular weight is 357 g/mol. The predicted molar refractivity (Wildman–Crippen MR) is 98.6 cm³/mol. The lowest BCUT2D eigenvalue weighted by atomic mass is 10.0. The molecule has 0 aliphatic carbocycles. The molecule has 0 spiro atoms. The van der Waals surface area contributed by atoms with Crippen molar-refractivity contribution in [1.82, 2.24) is 24.6 Å². The number of aliphatic hydroxyl groups is 1. The Morgan fingerprint density at radius 2 is 2.12 bits per heavy atom. The first-order chi connectivity index (χ1) is 12.4. The van der Waals surface area contributed by atoms with Crippen molar-refractivity contribution in [2.45, 2.75) is 32.4 Å². The van der Waals surface area contributed by atoms with Crippen molar-refractivity contribution < 1.29 is 9.90 Å². The molecule has 1 fully saturated rings. The fourth-order valence-corrected chi connectivity index (χ4v) is 3.58. The minimum Gasteiger partial charge on any atom is -0.387 e. The Labute approximate surface area is 154 Å². The molecule has 0 bridgehead atoms. The number of carbonyl (C=O) groups is 1. The zero-order valence-corrected chi connectivity index (χ0v) is 15.7. The molecule has 0 radical (unpaired) electrons. The first-order valence-corrected chi connectivity index (χ1v) is 9.03. The average Bonchev–Trinajstić information content (AvgIpc) is 3.17. The molecule has 0 aromatic carbocycles. The van der Waals surface area contributed by atoms with Crippen LogP contribution in [0.4, 0.5) is 0 Å². The van der Waals surface area contributed by atoms with Gasteiger partial charge in [0.25, 0.3) is 5.91 Å². The minimum atomic E-state index is -0.880. The molecular formula is C19H27N5O2. The molecule has 0 unspecified atom stereocenters. The van der Waals surface area contributed by atoms with Crippen LogP contribution in [0.2, 0.25) is 0 Å². The van der Waals surface area contributed by atoms with E-state index in [4.69, 9.17) is 0 Å². The lowest BCUT2D eigenvalue weighted by molar-refractivity contribution is 0.0108. The second-order valence-electron chi connectivity index (χ2n) is 7.16. The normalized spacial score (nSPS) is 20.1. The Hall–Kier alpha value is -2.25. The van der Waals surface area contributed by atoms with Gasteiger partial charge in [0.05, 0.1) is 23.4 Å². The van der Waals surface area contributed by atoms with Gasteiger partial charge >= 0.3 is 0 Å². The molecule has 26 heavy (non-hydrogen) atoms. The van der Waals surface area contributed by atoms with Crippen molar-refractivity contribution in [1.29, 1.82) is 0 Å². The summed E-state index contributed by atoms with van der Waals surface area (Å²) in [4.78, 5) is 20.7. The van der Waals surface area contributed by atoms with E-state index in [1.165, 1.54) is 5.56 Å². The summed E-state index contributed by atoms with van der Waals surface area (Å²) in [5.74, 6) is -0.0521. The number of carbonyl (C=O) groups excluding carboxylic acids is 1. The number of aromatic nitrogens is 3. The number of β-amino-alcohol motifs (C(OH)–C–C–N with tert-alkyl or cyclic N) is 1. The second kappa shape index (κ2) is 7.55. The summed E-state index contributed by atoms with van der Waals surface area (Å²) in [6, 6.07) is 3.98. The summed E-state index contributed by atoms with van der Waals surface area (Å²) >= 11 is 0. The molecule has 3 rings (SSSR count). The molecule has 1 saturated heterocycles. The highest BCUT2D eigenvalue weighted by molar-refractivity contribution is 5.95. The molecule has 7 heteroatoms. The fraction of sp³-hybridized carbons (Fsp3) is 0.526. The maximum atomic E-state index is 12.8. The highest BCUT2D eigenvalue weighted by Crippen LogP contribution is 2.25. The van der Waals surface area contributed by atoms with E-state index in [-0.39, 0.29) is 5.91 Å². The van der Waals surface area contributed by atoms with Crippen molar-refractivity contribution in [3.05, 3.63) is 47.5 Å². The molecule has 140 valence electrons. The summed E-state index contributed by atoms with van der Waals surface area (Å²) in [6.07, 6.45) is 5.90. The summed E-state index contributed by atoms with van der Waals surface area (Å²) in [5, 5.41) is 15.3. The number of aryl methyl sites for hydroxylation is 2. The highest BCUT2D eigenvalue weighted by Gasteiger charge is 2.40. The van der Waals surface area contributed by atoms with E-state index < -0.39 is 5.60 Å². The van der Waals surface area contributed by atoms with Crippen molar-refractivity contribution in [3.8, 4) is 0 Å². The Bertz CT molecular complexity index is 761. The third kappa shape index (κ3) is 4.11. The Balaban J connectivity index is 1.64. The van der Waals surface area contributed by atoms with Crippen LogP contribution in [0, 0.1) is 6.92 Å². The van der Waals surface area contributed by atoms with Crippen molar-refractivity contribution >= 4 is 5.91 Å². The van der Waals surface area contributed by atoms with Crippen LogP contribution < -0.4 is 0 Å². The largest absolute Gasteiger partial charge is 0.387 e. The topological polar surface area (TPSA) is 74.5 Å². The third-order valence-corrected chi connectivity index (χ3v) is 4.98. The Morgan fingerprint density at radius 1 is 1.38 bits per heavy atom. The molecule has 1 amide bonds. The van der Waals surface area contributed by atoms with Gasteiger partial charge in [0.1, 0.15) is 0 Å². The van der Waals surface area contributed by atoms with Crippen LogP contribution >= 0.6 is 0 Å². The van der Waals surface area contributed by atoms with Crippen LogP contribution in [-0.4, -0.2) is 67.4 Å². The molecular weight excluding hydrogens is 330 g/mol. The number of hydrogen-bond donors (Lipinski definition) is 1. The van der Waals surface area contributed by atoms with Crippen molar-refractivity contribution in [3.63, 3.8) is 0 Å². The number of pyridine rings is 1. The van der Waals surface area contributed by atoms with E-state index >= 15 is 0 Å². The van der Waals surface area contributed by atoms with Gasteiger partial charge in [-0.05, 0) is 37.6 Å². The van der Waals surface area contributed by atoms with E-state index in [0.29, 0.717) is 31.6 Å². The van der Waals surface area contributed by atoms with Crippen LogP contribution in [0.25, 0.3) is 0 Å². The minimum absolute atomic E-state index is 0.0521. The van der Waals surface area contributed by atoms with Crippen molar-refractivity contribution in [2.24, 2.45) is 7.05 Å². The summed E-state index contributed by atoms with van der Waals surface area (Å²) in [7, 11) is 1.81. The number of nitrogens with zero attached hydrogens (tertiary/aromatic N) is 5. The smallest absolute Gasteiger partial charge is 0.257 e. The van der Waals surface area contributed by atoms with Crippen LogP contribution in [0.5, 0.6) is 0 Å². The van der Waals surface area contributed by atoms with E-state index in [0.717, 1.165) is 18.8 Å². The molecule has 0 saturated carbocycles. The molecule has 1 aliphatic heterocycles. The van der Waals surface area contributed by atoms with E-state index in [9.17, 15) is 9.90 Å². The Morgan fingerprint density at radius 3 is 2.73 bits per heavy atom. The number of rotatable bonds is 6. The summed E-state index contributed by atoms with van der Waals surface area (Å²) in [5.41, 5.74) is 1.62. The Kier molecular flexibility index (Phi) is 5.38. The van der Waals surface area contributed by atoms with E-state index in [2.05, 4.69) is 21.9 Å². The molecule has 2 aromatic rings. The number of hydrogen-bond acceptors (Lipinski definition) is 5. The van der Waals surface area contributed by atoms with Gasteiger partial charge in [-0.2, -0.15) is 5.10 Å². The molecule has 7 nitrogen and oxygen atoms in total. The lowest BCUT2D eigenvalue weighted by Gasteiger charge is -2.30. The molecule has 2 aromatic heterocycles. The van der Waals surface area contributed by atoms with Gasteiger partial charge < -0.3 is 10.0 Å². The molecule has 1 aliphatic rings. The number of likely N-dealkylation sites (tertiary alicyclic amines) is 1. The molecule has 1 N–H and O–H groups in total. The van der Waals surface area contributed by atoms with Crippen LogP contribution in [0.1, 0.15) is 35.0 Å². The number of amides is 1. The quantitative estimate of drug-likeness (QED) is 0.841. The second-order valence-corrected chi connectivity index (χ2v) is 7.16. The summed E-state index contributed by atoms with van der Waals surface area (Å²) < 4.78 is 1.65. The monoisotopic (exact) mass is 357 g/mol. The third-order valence-electron chi connectivity index (χ3n) is 4.98. The SMILES string of the molecule is CCN(Cc1ccncc1)C[C@]1(O)CCN(C(=O)c2cn(C)nc2C)C1. The number of likely N-dealkylation sites (N-methyl/N-ethyl adjacent to an activating group) is 1. The zero-order chi connectivity index (χ0) is 18.7. The fourth-order valence-electron chi connectivity index (χ4n) is 3.58. The van der Waals surface area contributed by atoms with Gasteiger partial charge in [0.2, 0.25) is 0 Å². The van der Waals surface area contributed by atoms with Crippen LogP contribution in [-0.2, 0) is 13.6 Å². The van der Waals surface area contributed by atoms with Crippen LogP contribution in [0.15, 0.2) is 30.7 Å². The molecule has 3 heterocycles. The van der Waals surface area contributed by atoms with Gasteiger partial charge in [0.15, 0.2) is 0 Å². The zero-order valence-electron chi connectivity index (χ0n) is 15.7. The molecule has 1 atom stereocenters. The van der Waals surface area contributed by atoms with Gasteiger partial charge in [-0.15, -0.1) is 0 Å². The van der Waals surface area contributed by atoms with Crippen molar-refractivity contribution in [2.75, 3.05) is 26.2 Å². The predicted octanol–water partition coefficient (Wildman–Crippen LogP) is 1.22. The van der Waals surface area contributed by atoms with Gasteiger partial charge in [-0.1, -0.05) is 6.92 Å². The first-order valence-electron chi connectivity index (χ1n) is 9.03. The maximum absolute atomic E-state index is 12.8. The van der Waals surface area contributed by atoms with Gasteiger partial charge in [-0.3, -0.25) is 19.4 Å². The van der Waals surface area contributed by atoms with Crippen LogP contribution in [0.3, 0.4) is 0 Å². The standard InChI is InChI=1S/C19H27N5O2/c1-4-23(11-16-5-8-20-9-6-16)13-19(26)7-10-24(14-19)18(25)17-12-22(3)21-15(17)2/h5-6,8-9,12,26H,4,7,10-11,13-14H2,1-3H3/t19-/m1/s1. The van der Waals surface area contributed by atoms with Gasteiger partial charge in [0, 0.05) is 45.3 Å². The van der Waals surface area contributed by atoms with Gasteiger partial charge in [-0.25, -0.2) is 0 Å². The maximum Gasteiger partial charge on any atom is 0.257 e. The van der Waals surface area contributed by atoms with E-state index in [1.54, 1.807) is 28.2 Å². The van der Waals surface area contributed by atoms with E-state index in [1.807, 2.05) is 26.1 Å². The lowest BCUT2D eigenvalue weighted by Crippen LogP contribution is -2.45. The summed E-state index contributed by atoms with van der Waals surface area (Å²) in [6.45, 7) is 6.98. The highest BCUT2D eigenvalue weighted by atomic mass is 16.3.